The summed E-state index contributed by atoms with van der Waals surface area (Å²) in [7, 11) is 0. The van der Waals surface area contributed by atoms with Gasteiger partial charge in [0.15, 0.2) is 0 Å². The highest BCUT2D eigenvalue weighted by Gasteiger charge is 2.39. The summed E-state index contributed by atoms with van der Waals surface area (Å²) in [6.45, 7) is 6.33. The molecule has 0 aromatic heterocycles. The van der Waals surface area contributed by atoms with E-state index in [1.807, 2.05) is 12.1 Å². The van der Waals surface area contributed by atoms with Gasteiger partial charge < -0.3 is 15.0 Å². The van der Waals surface area contributed by atoms with Crippen LogP contribution < -0.4 is 10.2 Å². The molecule has 0 saturated carbocycles. The van der Waals surface area contributed by atoms with Crippen LogP contribution in [0.25, 0.3) is 0 Å². The van der Waals surface area contributed by atoms with Crippen molar-refractivity contribution >= 4 is 40.7 Å². The Hall–Kier alpha value is -3.16. The van der Waals surface area contributed by atoms with Crippen molar-refractivity contribution in [3.63, 3.8) is 0 Å². The Morgan fingerprint density at radius 2 is 1.59 bits per heavy atom. The minimum atomic E-state index is -0.574. The number of anilines is 2. The molecule has 1 saturated heterocycles. The van der Waals surface area contributed by atoms with E-state index in [-0.39, 0.29) is 16.6 Å². The maximum atomic E-state index is 13.0. The number of amides is 3. The third-order valence-electron chi connectivity index (χ3n) is 5.54. The molecule has 0 bridgehead atoms. The van der Waals surface area contributed by atoms with Gasteiger partial charge in [-0.25, -0.2) is 4.90 Å². The van der Waals surface area contributed by atoms with Crippen molar-refractivity contribution in [2.75, 3.05) is 36.5 Å². The van der Waals surface area contributed by atoms with E-state index in [0.29, 0.717) is 49.2 Å². The van der Waals surface area contributed by atoms with E-state index in [1.54, 1.807) is 41.3 Å². The molecular formula is C24H24ClN3O4. The minimum Gasteiger partial charge on any atom is -0.378 e. The van der Waals surface area contributed by atoms with E-state index < -0.39 is 11.8 Å². The molecule has 7 nitrogen and oxygen atoms in total. The lowest BCUT2D eigenvalue weighted by molar-refractivity contribution is -0.120. The van der Waals surface area contributed by atoms with Crippen LogP contribution in [0.5, 0.6) is 0 Å². The molecule has 2 heterocycles. The highest BCUT2D eigenvalue weighted by Crippen LogP contribution is 2.31. The Balaban J connectivity index is 1.48. The van der Waals surface area contributed by atoms with Crippen molar-refractivity contribution < 1.29 is 19.1 Å². The zero-order chi connectivity index (χ0) is 22.8. The lowest BCUT2D eigenvalue weighted by atomic mass is 10.0. The molecule has 2 aromatic rings. The highest BCUT2D eigenvalue weighted by molar-refractivity contribution is 6.53. The predicted molar refractivity (Wildman–Crippen MR) is 123 cm³/mol. The molecule has 1 N–H and O–H groups in total. The molecular weight excluding hydrogens is 430 g/mol. The van der Waals surface area contributed by atoms with Crippen LogP contribution in [0.1, 0.15) is 35.7 Å². The topological polar surface area (TPSA) is 79.0 Å². The largest absolute Gasteiger partial charge is 0.378 e. The number of morpholine rings is 1. The van der Waals surface area contributed by atoms with Crippen LogP contribution in [0.3, 0.4) is 0 Å². The first kappa shape index (κ1) is 22.0. The van der Waals surface area contributed by atoms with Gasteiger partial charge in [-0.15, -0.1) is 0 Å². The van der Waals surface area contributed by atoms with E-state index in [1.165, 1.54) is 0 Å². The average molecular weight is 454 g/mol. The van der Waals surface area contributed by atoms with Gasteiger partial charge in [0.1, 0.15) is 10.7 Å². The van der Waals surface area contributed by atoms with Gasteiger partial charge >= 0.3 is 0 Å². The quantitative estimate of drug-likeness (QED) is 0.698. The summed E-state index contributed by atoms with van der Waals surface area (Å²) in [4.78, 5) is 41.0. The van der Waals surface area contributed by atoms with Crippen LogP contribution >= 0.6 is 11.6 Å². The maximum absolute atomic E-state index is 13.0. The van der Waals surface area contributed by atoms with E-state index in [2.05, 4.69) is 19.2 Å². The van der Waals surface area contributed by atoms with Crippen molar-refractivity contribution in [3.8, 4) is 0 Å². The Morgan fingerprint density at radius 1 is 0.969 bits per heavy atom. The molecule has 2 aliphatic heterocycles. The number of benzene rings is 2. The summed E-state index contributed by atoms with van der Waals surface area (Å²) in [5.41, 5.74) is 2.67. The summed E-state index contributed by atoms with van der Waals surface area (Å²) < 4.78 is 5.28. The van der Waals surface area contributed by atoms with Crippen LogP contribution in [0.15, 0.2) is 59.3 Å². The fourth-order valence-corrected chi connectivity index (χ4v) is 3.86. The van der Waals surface area contributed by atoms with Crippen molar-refractivity contribution in [1.82, 2.24) is 4.90 Å². The Labute approximate surface area is 191 Å². The molecule has 1 fully saturated rings. The van der Waals surface area contributed by atoms with Gasteiger partial charge in [-0.3, -0.25) is 14.4 Å². The zero-order valence-corrected chi connectivity index (χ0v) is 18.7. The molecule has 0 atom stereocenters. The Bertz CT molecular complexity index is 1070. The van der Waals surface area contributed by atoms with Gasteiger partial charge in [-0.05, 0) is 47.9 Å². The molecule has 32 heavy (non-hydrogen) atoms. The van der Waals surface area contributed by atoms with E-state index in [4.69, 9.17) is 16.3 Å². The maximum Gasteiger partial charge on any atom is 0.283 e. The first-order valence-corrected chi connectivity index (χ1v) is 10.9. The summed E-state index contributed by atoms with van der Waals surface area (Å²) in [6.07, 6.45) is 0. The molecule has 0 unspecified atom stereocenters. The van der Waals surface area contributed by atoms with Crippen molar-refractivity contribution in [2.45, 2.75) is 19.8 Å². The minimum absolute atomic E-state index is 0.0110. The fourth-order valence-electron chi connectivity index (χ4n) is 3.64. The van der Waals surface area contributed by atoms with E-state index >= 15 is 0 Å². The highest BCUT2D eigenvalue weighted by atomic mass is 35.5. The first-order chi connectivity index (χ1) is 15.4. The van der Waals surface area contributed by atoms with E-state index in [9.17, 15) is 14.4 Å². The molecule has 8 heteroatoms. The monoisotopic (exact) mass is 453 g/mol. The average Bonchev–Trinajstić information content (AvgIpc) is 3.02. The summed E-state index contributed by atoms with van der Waals surface area (Å²) in [5, 5.41) is 2.77. The molecule has 2 aromatic carbocycles. The normalized spacial score (nSPS) is 16.9. The van der Waals surface area contributed by atoms with Crippen LogP contribution in [0.4, 0.5) is 11.4 Å². The molecule has 4 rings (SSSR count). The number of ether oxygens (including phenoxy) is 1. The number of hydrogen-bond donors (Lipinski definition) is 1. The van der Waals surface area contributed by atoms with Gasteiger partial charge in [-0.1, -0.05) is 37.6 Å². The molecule has 2 aliphatic rings. The molecule has 0 spiro atoms. The van der Waals surface area contributed by atoms with E-state index in [0.717, 1.165) is 10.5 Å². The Kier molecular flexibility index (Phi) is 6.30. The Morgan fingerprint density at radius 3 is 2.19 bits per heavy atom. The summed E-state index contributed by atoms with van der Waals surface area (Å²) in [5.74, 6) is -0.826. The number of halogens is 1. The van der Waals surface area contributed by atoms with Gasteiger partial charge in [0.05, 0.1) is 18.9 Å². The van der Waals surface area contributed by atoms with Crippen LogP contribution in [-0.4, -0.2) is 48.9 Å². The van der Waals surface area contributed by atoms with Crippen LogP contribution in [0, 0.1) is 0 Å². The third kappa shape index (κ3) is 4.26. The number of imide groups is 1. The zero-order valence-electron chi connectivity index (χ0n) is 17.9. The molecule has 3 amide bonds. The van der Waals surface area contributed by atoms with Gasteiger partial charge in [0.2, 0.25) is 0 Å². The summed E-state index contributed by atoms with van der Waals surface area (Å²) >= 11 is 6.22. The van der Waals surface area contributed by atoms with Gasteiger partial charge in [-0.2, -0.15) is 0 Å². The SMILES string of the molecule is CC(C)c1ccc(N2C(=O)C(Cl)=C(Nc3ccc(C(=O)N4CCOCC4)cc3)C2=O)cc1. The second kappa shape index (κ2) is 9.14. The second-order valence-corrected chi connectivity index (χ2v) is 8.37. The lowest BCUT2D eigenvalue weighted by Gasteiger charge is -2.26. The van der Waals surface area contributed by atoms with Gasteiger partial charge in [0, 0.05) is 24.3 Å². The number of nitrogens with zero attached hydrogens (tertiary/aromatic N) is 2. The van der Waals surface area contributed by atoms with Crippen LogP contribution in [0.2, 0.25) is 0 Å². The number of carbonyl (C=O) groups is 3. The van der Waals surface area contributed by atoms with Crippen LogP contribution in [-0.2, 0) is 14.3 Å². The lowest BCUT2D eigenvalue weighted by Crippen LogP contribution is -2.40. The van der Waals surface area contributed by atoms with Crippen molar-refractivity contribution in [2.24, 2.45) is 0 Å². The number of nitrogens with one attached hydrogen (secondary N) is 1. The van der Waals surface area contributed by atoms with Crippen molar-refractivity contribution in [3.05, 3.63) is 70.4 Å². The third-order valence-corrected chi connectivity index (χ3v) is 5.90. The first-order valence-electron chi connectivity index (χ1n) is 10.5. The predicted octanol–water partition coefficient (Wildman–Crippen LogP) is 3.72. The number of hydrogen-bond acceptors (Lipinski definition) is 5. The second-order valence-electron chi connectivity index (χ2n) is 7.99. The summed E-state index contributed by atoms with van der Waals surface area (Å²) in [6, 6.07) is 14.0. The molecule has 0 aliphatic carbocycles. The number of rotatable bonds is 5. The fraction of sp³-hybridized carbons (Fsp3) is 0.292. The standard InChI is InChI=1S/C24H24ClN3O4/c1-15(2)16-5-9-19(10-6-16)28-23(30)20(25)21(24(28)31)26-18-7-3-17(4-8-18)22(29)27-11-13-32-14-12-27/h3-10,15,26H,11-14H2,1-2H3. The van der Waals surface area contributed by atoms with Crippen molar-refractivity contribution in [1.29, 1.82) is 0 Å². The molecule has 166 valence electrons. The molecule has 0 radical (unpaired) electrons. The van der Waals surface area contributed by atoms with Gasteiger partial charge in [0.25, 0.3) is 17.7 Å². The smallest absolute Gasteiger partial charge is 0.283 e. The number of carbonyl (C=O) groups excluding carboxylic acids is 3.